The number of rotatable bonds is 0. The summed E-state index contributed by atoms with van der Waals surface area (Å²) >= 11 is 0. The molecule has 1 rings (SSSR count). The molecule has 0 N–H and O–H groups in total. The molecule has 0 aliphatic heterocycles. The van der Waals surface area contributed by atoms with Crippen LogP contribution in [0.1, 0.15) is 39.0 Å². The second-order valence-electron chi connectivity index (χ2n) is 2.52. The van der Waals surface area contributed by atoms with Gasteiger partial charge in [0.1, 0.15) is 0 Å². The van der Waals surface area contributed by atoms with Gasteiger partial charge in [0.2, 0.25) is 0 Å². The van der Waals surface area contributed by atoms with Gasteiger partial charge in [-0.25, -0.2) is 0 Å². The van der Waals surface area contributed by atoms with Crippen molar-refractivity contribution in [1.82, 2.24) is 0 Å². The van der Waals surface area contributed by atoms with E-state index in [1.165, 1.54) is 32.1 Å². The summed E-state index contributed by atoms with van der Waals surface area (Å²) in [5, 5.41) is 0. The maximum Gasteiger partial charge on any atom is 2.00 e. The molecule has 0 aromatic rings. The minimum Gasteiger partial charge on any atom is -1.00 e. The third-order valence-electron chi connectivity index (χ3n) is 1.71. The predicted octanol–water partition coefficient (Wildman–Crippen LogP) is -0.832. The minimum absolute atomic E-state index is 0. The van der Waals surface area contributed by atoms with Gasteiger partial charge < -0.3 is 22.9 Å². The van der Waals surface area contributed by atoms with Crippen LogP contribution in [0.15, 0.2) is 0 Å². The Morgan fingerprint density at radius 2 is 1.44 bits per heavy atom. The van der Waals surface area contributed by atoms with E-state index in [-0.39, 0.29) is 40.0 Å². The average Bonchev–Trinajstić information content (AvgIpc) is 1.69. The fraction of sp³-hybridized carbons (Fsp3) is 0.857. The van der Waals surface area contributed by atoms with Crippen molar-refractivity contribution >= 4 is 23.1 Å². The van der Waals surface area contributed by atoms with E-state index in [9.17, 15) is 0 Å². The van der Waals surface area contributed by atoms with E-state index >= 15 is 0 Å². The molecule has 0 atom stereocenters. The van der Waals surface area contributed by atoms with Crippen LogP contribution in [0.4, 0.5) is 0 Å². The molecular formula is C7H13BrMg. The van der Waals surface area contributed by atoms with Gasteiger partial charge >= 0.3 is 23.1 Å². The fourth-order valence-corrected chi connectivity index (χ4v) is 1.16. The Balaban J connectivity index is 0. The molecule has 1 aliphatic rings. The second-order valence-corrected chi connectivity index (χ2v) is 2.52. The van der Waals surface area contributed by atoms with Gasteiger partial charge in [0.05, 0.1) is 0 Å². The van der Waals surface area contributed by atoms with Gasteiger partial charge in [-0.2, -0.15) is 19.8 Å². The van der Waals surface area contributed by atoms with Crippen LogP contribution in [-0.4, -0.2) is 23.1 Å². The molecule has 0 unspecified atom stereocenters. The van der Waals surface area contributed by atoms with Crippen LogP contribution < -0.4 is 17.0 Å². The van der Waals surface area contributed by atoms with Crippen molar-refractivity contribution in [1.29, 1.82) is 0 Å². The monoisotopic (exact) mass is 200 g/mol. The third kappa shape index (κ3) is 5.68. The van der Waals surface area contributed by atoms with Gasteiger partial charge in [-0.1, -0.05) is 19.3 Å². The Morgan fingerprint density at radius 3 is 1.67 bits per heavy atom. The molecule has 0 spiro atoms. The maximum absolute atomic E-state index is 2.28. The summed E-state index contributed by atoms with van der Waals surface area (Å²) in [5.74, 6) is 1.71. The molecule has 9 heavy (non-hydrogen) atoms. The fourth-order valence-electron chi connectivity index (χ4n) is 1.16. The molecule has 0 aromatic heterocycles. The van der Waals surface area contributed by atoms with Crippen LogP contribution in [0.25, 0.3) is 0 Å². The van der Waals surface area contributed by atoms with Gasteiger partial charge in [0.25, 0.3) is 0 Å². The molecule has 1 fully saturated rings. The Hall–Kier alpha value is 1.25. The number of hydrogen-bond acceptors (Lipinski definition) is 0. The quantitative estimate of drug-likeness (QED) is 0.354. The molecule has 0 bridgehead atoms. The summed E-state index contributed by atoms with van der Waals surface area (Å²) in [6.45, 7) is 2.28. The van der Waals surface area contributed by atoms with E-state index in [4.69, 9.17) is 0 Å². The summed E-state index contributed by atoms with van der Waals surface area (Å²) in [4.78, 5) is 0. The standard InChI is InChI=1S/C7H13.BrH.Mg/c1-7-5-3-2-4-6-7;;/h2-6H2,1H3;1H;/q-1;;+2/p-1. The van der Waals surface area contributed by atoms with Crippen molar-refractivity contribution in [3.63, 3.8) is 0 Å². The first-order valence-electron chi connectivity index (χ1n) is 3.21. The molecule has 2 heteroatoms. The zero-order valence-electron chi connectivity index (χ0n) is 6.12. The van der Waals surface area contributed by atoms with Crippen LogP contribution in [0.3, 0.4) is 0 Å². The molecule has 1 aliphatic carbocycles. The molecule has 0 nitrogen and oxygen atoms in total. The molecule has 0 amide bonds. The van der Waals surface area contributed by atoms with Crippen molar-refractivity contribution in [3.05, 3.63) is 5.92 Å². The third-order valence-corrected chi connectivity index (χ3v) is 1.71. The largest absolute Gasteiger partial charge is 2.00 e. The van der Waals surface area contributed by atoms with Crippen molar-refractivity contribution < 1.29 is 17.0 Å². The Bertz CT molecular complexity index is 50.9. The molecular weight excluding hydrogens is 188 g/mol. The Labute approximate surface area is 84.7 Å². The van der Waals surface area contributed by atoms with Crippen LogP contribution in [0.5, 0.6) is 0 Å². The predicted molar refractivity (Wildman–Crippen MR) is 37.8 cm³/mol. The molecule has 1 saturated carbocycles. The topological polar surface area (TPSA) is 0 Å². The average molecular weight is 201 g/mol. The van der Waals surface area contributed by atoms with Crippen molar-refractivity contribution in [3.8, 4) is 0 Å². The normalized spacial score (nSPS) is 19.7. The van der Waals surface area contributed by atoms with Crippen molar-refractivity contribution in [2.24, 2.45) is 0 Å². The van der Waals surface area contributed by atoms with Gasteiger partial charge in [-0.15, -0.1) is 0 Å². The first-order chi connectivity index (χ1) is 3.39. The Morgan fingerprint density at radius 1 is 1.00 bits per heavy atom. The summed E-state index contributed by atoms with van der Waals surface area (Å²) in [6, 6.07) is 0. The molecule has 0 aromatic carbocycles. The number of halogens is 1. The first kappa shape index (κ1) is 12.9. The van der Waals surface area contributed by atoms with Crippen LogP contribution in [0, 0.1) is 5.92 Å². The summed E-state index contributed by atoms with van der Waals surface area (Å²) in [7, 11) is 0. The van der Waals surface area contributed by atoms with Crippen molar-refractivity contribution in [2.75, 3.05) is 0 Å². The smallest absolute Gasteiger partial charge is 1.00 e. The van der Waals surface area contributed by atoms with E-state index in [1.807, 2.05) is 0 Å². The molecule has 50 valence electrons. The van der Waals surface area contributed by atoms with E-state index in [1.54, 1.807) is 5.92 Å². The van der Waals surface area contributed by atoms with E-state index in [2.05, 4.69) is 6.92 Å². The minimum atomic E-state index is 0. The van der Waals surface area contributed by atoms with Crippen LogP contribution in [-0.2, 0) is 0 Å². The SMILES string of the molecule is C[C-]1CCCCC1.[Br-].[Mg+2]. The summed E-state index contributed by atoms with van der Waals surface area (Å²) in [5.41, 5.74) is 0. The van der Waals surface area contributed by atoms with Gasteiger partial charge in [0, 0.05) is 0 Å². The molecule has 0 radical (unpaired) electrons. The first-order valence-corrected chi connectivity index (χ1v) is 3.21. The van der Waals surface area contributed by atoms with E-state index < -0.39 is 0 Å². The maximum atomic E-state index is 2.28. The second kappa shape index (κ2) is 7.35. The Kier molecular flexibility index (Phi) is 10.5. The summed E-state index contributed by atoms with van der Waals surface area (Å²) < 4.78 is 0. The zero-order valence-corrected chi connectivity index (χ0v) is 9.12. The van der Waals surface area contributed by atoms with Gasteiger partial charge in [-0.05, 0) is 0 Å². The van der Waals surface area contributed by atoms with Crippen LogP contribution in [0.2, 0.25) is 0 Å². The van der Waals surface area contributed by atoms with E-state index in [0.717, 1.165) is 0 Å². The van der Waals surface area contributed by atoms with Crippen molar-refractivity contribution in [2.45, 2.75) is 39.0 Å². The zero-order chi connectivity index (χ0) is 5.11. The van der Waals surface area contributed by atoms with E-state index in [0.29, 0.717) is 0 Å². The summed E-state index contributed by atoms with van der Waals surface area (Å²) in [6.07, 6.45) is 7.18. The molecule has 0 saturated heterocycles. The van der Waals surface area contributed by atoms with Gasteiger partial charge in [0.15, 0.2) is 0 Å². The number of hydrogen-bond donors (Lipinski definition) is 0. The van der Waals surface area contributed by atoms with Gasteiger partial charge in [-0.3, -0.25) is 0 Å². The molecule has 0 heterocycles. The van der Waals surface area contributed by atoms with Crippen LogP contribution >= 0.6 is 0 Å².